The van der Waals surface area contributed by atoms with Gasteiger partial charge in [-0.2, -0.15) is 0 Å². The van der Waals surface area contributed by atoms with E-state index < -0.39 is 0 Å². The molecule has 0 bridgehead atoms. The van der Waals surface area contributed by atoms with E-state index in [1.807, 2.05) is 18.2 Å². The zero-order valence-corrected chi connectivity index (χ0v) is 11.2. The molecule has 0 saturated carbocycles. The highest BCUT2D eigenvalue weighted by Crippen LogP contribution is 2.07. The van der Waals surface area contributed by atoms with E-state index in [0.717, 1.165) is 36.2 Å². The summed E-state index contributed by atoms with van der Waals surface area (Å²) in [4.78, 5) is 4.33. The molecule has 1 aromatic heterocycles. The Morgan fingerprint density at radius 3 is 2.94 bits per heavy atom. The second-order valence-corrected chi connectivity index (χ2v) is 4.73. The summed E-state index contributed by atoms with van der Waals surface area (Å²) in [7, 11) is 0. The SMILES string of the molecule is CCCC(CO)CNCc1cccc(Br)n1. The lowest BCUT2D eigenvalue weighted by molar-refractivity contribution is 0.213. The van der Waals surface area contributed by atoms with Crippen LogP contribution in [0.2, 0.25) is 0 Å². The molecule has 4 heteroatoms. The third-order valence-corrected chi connectivity index (χ3v) is 2.91. The standard InChI is InChI=1S/C12H19BrN2O/c1-2-4-10(9-16)7-14-8-11-5-3-6-12(13)15-11/h3,5-6,10,14,16H,2,4,7-9H2,1H3. The average Bonchev–Trinajstić information content (AvgIpc) is 2.28. The van der Waals surface area contributed by atoms with Crippen molar-refractivity contribution in [2.45, 2.75) is 26.3 Å². The maximum absolute atomic E-state index is 9.14. The molecule has 1 heterocycles. The fourth-order valence-electron chi connectivity index (χ4n) is 1.62. The number of hydrogen-bond donors (Lipinski definition) is 2. The van der Waals surface area contributed by atoms with E-state index >= 15 is 0 Å². The first kappa shape index (κ1) is 13.6. The topological polar surface area (TPSA) is 45.1 Å². The molecule has 0 aliphatic heterocycles. The number of halogens is 1. The van der Waals surface area contributed by atoms with Crippen molar-refractivity contribution in [1.82, 2.24) is 10.3 Å². The first-order valence-corrected chi connectivity index (χ1v) is 6.48. The maximum Gasteiger partial charge on any atom is 0.106 e. The lowest BCUT2D eigenvalue weighted by atomic mass is 10.1. The molecule has 0 aromatic carbocycles. The second kappa shape index (κ2) is 7.76. The summed E-state index contributed by atoms with van der Waals surface area (Å²) in [5, 5.41) is 12.5. The van der Waals surface area contributed by atoms with E-state index in [9.17, 15) is 0 Å². The van der Waals surface area contributed by atoms with Gasteiger partial charge >= 0.3 is 0 Å². The summed E-state index contributed by atoms with van der Waals surface area (Å²) >= 11 is 3.34. The van der Waals surface area contributed by atoms with Gasteiger partial charge in [0.2, 0.25) is 0 Å². The van der Waals surface area contributed by atoms with Gasteiger partial charge in [0.25, 0.3) is 0 Å². The van der Waals surface area contributed by atoms with Crippen LogP contribution >= 0.6 is 15.9 Å². The predicted molar refractivity (Wildman–Crippen MR) is 69.1 cm³/mol. The number of nitrogens with one attached hydrogen (secondary N) is 1. The minimum Gasteiger partial charge on any atom is -0.396 e. The maximum atomic E-state index is 9.14. The second-order valence-electron chi connectivity index (χ2n) is 3.92. The van der Waals surface area contributed by atoms with Crippen LogP contribution in [0.15, 0.2) is 22.8 Å². The van der Waals surface area contributed by atoms with E-state index in [0.29, 0.717) is 5.92 Å². The fraction of sp³-hybridized carbons (Fsp3) is 0.583. The van der Waals surface area contributed by atoms with Gasteiger partial charge < -0.3 is 10.4 Å². The van der Waals surface area contributed by atoms with Gasteiger partial charge in [-0.3, -0.25) is 0 Å². The first-order valence-electron chi connectivity index (χ1n) is 5.69. The Balaban J connectivity index is 2.29. The van der Waals surface area contributed by atoms with E-state index in [1.54, 1.807) is 0 Å². The Bertz CT molecular complexity index is 307. The van der Waals surface area contributed by atoms with Crippen molar-refractivity contribution in [3.8, 4) is 0 Å². The average molecular weight is 287 g/mol. The molecule has 0 fully saturated rings. The molecule has 0 saturated heterocycles. The third kappa shape index (κ3) is 5.05. The van der Waals surface area contributed by atoms with Crippen molar-refractivity contribution < 1.29 is 5.11 Å². The van der Waals surface area contributed by atoms with Gasteiger partial charge in [0.15, 0.2) is 0 Å². The van der Waals surface area contributed by atoms with Crippen molar-refractivity contribution in [2.75, 3.05) is 13.2 Å². The zero-order valence-electron chi connectivity index (χ0n) is 9.62. The molecule has 1 aromatic rings. The molecule has 90 valence electrons. The van der Waals surface area contributed by atoms with Gasteiger partial charge in [0.1, 0.15) is 4.60 Å². The Kier molecular flexibility index (Phi) is 6.61. The molecule has 2 N–H and O–H groups in total. The summed E-state index contributed by atoms with van der Waals surface area (Å²) in [6, 6.07) is 5.88. The molecule has 1 rings (SSSR count). The molecule has 0 amide bonds. The summed E-state index contributed by atoms with van der Waals surface area (Å²) in [6.07, 6.45) is 2.18. The largest absolute Gasteiger partial charge is 0.396 e. The Labute approximate surface area is 105 Å². The molecule has 0 spiro atoms. The number of pyridine rings is 1. The number of hydrogen-bond acceptors (Lipinski definition) is 3. The number of aromatic nitrogens is 1. The molecular weight excluding hydrogens is 268 g/mol. The van der Waals surface area contributed by atoms with Gasteiger partial charge in [-0.05, 0) is 40.4 Å². The number of rotatable bonds is 7. The summed E-state index contributed by atoms with van der Waals surface area (Å²) in [5.41, 5.74) is 1.02. The first-order chi connectivity index (χ1) is 7.76. The van der Waals surface area contributed by atoms with Gasteiger partial charge in [0.05, 0.1) is 5.69 Å². The lowest BCUT2D eigenvalue weighted by Crippen LogP contribution is -2.25. The van der Waals surface area contributed by atoms with Gasteiger partial charge in [-0.25, -0.2) is 4.98 Å². The summed E-state index contributed by atoms with van der Waals surface area (Å²) in [5.74, 6) is 0.358. The highest BCUT2D eigenvalue weighted by atomic mass is 79.9. The lowest BCUT2D eigenvalue weighted by Gasteiger charge is -2.13. The molecular formula is C12H19BrN2O. The van der Waals surface area contributed by atoms with Crippen LogP contribution in [0.25, 0.3) is 0 Å². The molecule has 1 atom stereocenters. The highest BCUT2D eigenvalue weighted by Gasteiger charge is 2.05. The fourth-order valence-corrected chi connectivity index (χ4v) is 2.00. The van der Waals surface area contributed by atoms with E-state index in [1.165, 1.54) is 0 Å². The van der Waals surface area contributed by atoms with E-state index in [4.69, 9.17) is 5.11 Å². The van der Waals surface area contributed by atoms with Crippen LogP contribution in [0.4, 0.5) is 0 Å². The molecule has 1 unspecified atom stereocenters. The number of nitrogens with zero attached hydrogens (tertiary/aromatic N) is 1. The Morgan fingerprint density at radius 2 is 2.31 bits per heavy atom. The van der Waals surface area contributed by atoms with E-state index in [2.05, 4.69) is 33.2 Å². The Hall–Kier alpha value is -0.450. The third-order valence-electron chi connectivity index (χ3n) is 2.47. The van der Waals surface area contributed by atoms with Gasteiger partial charge in [0, 0.05) is 19.7 Å². The monoisotopic (exact) mass is 286 g/mol. The summed E-state index contributed by atoms with van der Waals surface area (Å²) < 4.78 is 0.860. The van der Waals surface area contributed by atoms with Crippen molar-refractivity contribution in [1.29, 1.82) is 0 Å². The molecule has 0 aliphatic carbocycles. The van der Waals surface area contributed by atoms with Gasteiger partial charge in [-0.1, -0.05) is 19.4 Å². The van der Waals surface area contributed by atoms with Crippen LogP contribution in [0.3, 0.4) is 0 Å². The van der Waals surface area contributed by atoms with Crippen LogP contribution in [0.5, 0.6) is 0 Å². The normalized spacial score (nSPS) is 12.7. The molecule has 0 radical (unpaired) electrons. The Morgan fingerprint density at radius 1 is 1.50 bits per heavy atom. The number of aliphatic hydroxyl groups is 1. The molecule has 3 nitrogen and oxygen atoms in total. The van der Waals surface area contributed by atoms with Crippen molar-refractivity contribution >= 4 is 15.9 Å². The van der Waals surface area contributed by atoms with Crippen molar-refractivity contribution in [3.05, 3.63) is 28.5 Å². The summed E-state index contributed by atoms with van der Waals surface area (Å²) in [6.45, 7) is 3.99. The minimum absolute atomic E-state index is 0.257. The zero-order chi connectivity index (χ0) is 11.8. The van der Waals surface area contributed by atoms with Crippen LogP contribution < -0.4 is 5.32 Å². The van der Waals surface area contributed by atoms with Crippen molar-refractivity contribution in [3.63, 3.8) is 0 Å². The predicted octanol–water partition coefficient (Wildman–Crippen LogP) is 2.34. The molecule has 16 heavy (non-hydrogen) atoms. The van der Waals surface area contributed by atoms with Crippen molar-refractivity contribution in [2.24, 2.45) is 5.92 Å². The number of aliphatic hydroxyl groups excluding tert-OH is 1. The van der Waals surface area contributed by atoms with Gasteiger partial charge in [-0.15, -0.1) is 0 Å². The quantitative estimate of drug-likeness (QED) is 0.757. The minimum atomic E-state index is 0.257. The van der Waals surface area contributed by atoms with Crippen LogP contribution in [-0.2, 0) is 6.54 Å². The van der Waals surface area contributed by atoms with E-state index in [-0.39, 0.29) is 6.61 Å². The van der Waals surface area contributed by atoms with Crippen LogP contribution in [0.1, 0.15) is 25.5 Å². The molecule has 0 aliphatic rings. The smallest absolute Gasteiger partial charge is 0.106 e. The van der Waals surface area contributed by atoms with Crippen LogP contribution in [-0.4, -0.2) is 23.2 Å². The highest BCUT2D eigenvalue weighted by molar-refractivity contribution is 9.10. The van der Waals surface area contributed by atoms with Crippen LogP contribution in [0, 0.1) is 5.92 Å².